The quantitative estimate of drug-likeness (QED) is 0.559. The lowest BCUT2D eigenvalue weighted by Gasteiger charge is -2.20. The van der Waals surface area contributed by atoms with Gasteiger partial charge in [0.2, 0.25) is 0 Å². The van der Waals surface area contributed by atoms with Crippen LogP contribution in [0.1, 0.15) is 31.3 Å². The summed E-state index contributed by atoms with van der Waals surface area (Å²) in [6, 6.07) is 6.72. The number of ether oxygens (including phenoxy) is 1. The van der Waals surface area contributed by atoms with E-state index in [1.54, 1.807) is 36.1 Å². The highest BCUT2D eigenvalue weighted by molar-refractivity contribution is 6.02. The van der Waals surface area contributed by atoms with Gasteiger partial charge >= 0.3 is 5.97 Å². The van der Waals surface area contributed by atoms with Crippen LogP contribution in [-0.2, 0) is 16.1 Å². The highest BCUT2D eigenvalue weighted by Gasteiger charge is 2.20. The molecule has 0 aliphatic heterocycles. The van der Waals surface area contributed by atoms with Gasteiger partial charge in [-0.3, -0.25) is 9.59 Å². The zero-order valence-corrected chi connectivity index (χ0v) is 15.3. The fourth-order valence-corrected chi connectivity index (χ4v) is 2.59. The molecule has 138 valence electrons. The van der Waals surface area contributed by atoms with Crippen molar-refractivity contribution in [3.05, 3.63) is 52.5 Å². The number of rotatable bonds is 7. The monoisotopic (exact) mass is 357 g/mol. The van der Waals surface area contributed by atoms with E-state index in [0.717, 1.165) is 5.57 Å². The summed E-state index contributed by atoms with van der Waals surface area (Å²) in [5, 5.41) is 4.90. The first-order valence-corrected chi connectivity index (χ1v) is 8.48. The average Bonchev–Trinajstić information content (AvgIpc) is 2.64. The van der Waals surface area contributed by atoms with Gasteiger partial charge in [0.05, 0.1) is 5.39 Å². The fraction of sp³-hybridized carbons (Fsp3) is 0.368. The van der Waals surface area contributed by atoms with E-state index in [1.807, 2.05) is 13.8 Å². The Balaban J connectivity index is 2.25. The van der Waals surface area contributed by atoms with E-state index in [0.29, 0.717) is 30.4 Å². The van der Waals surface area contributed by atoms with E-state index >= 15 is 0 Å². The Morgan fingerprint density at radius 2 is 1.88 bits per heavy atom. The molecule has 0 aliphatic rings. The van der Waals surface area contributed by atoms with E-state index in [2.05, 4.69) is 11.7 Å². The number of fused-ring (bicyclic) bond motifs is 1. The second kappa shape index (κ2) is 8.42. The van der Waals surface area contributed by atoms with Gasteiger partial charge in [0.1, 0.15) is 0 Å². The Bertz CT molecular complexity index is 901. The first-order chi connectivity index (χ1) is 12.4. The van der Waals surface area contributed by atoms with Gasteiger partial charge in [0.15, 0.2) is 12.3 Å². The molecule has 26 heavy (non-hydrogen) atoms. The summed E-state index contributed by atoms with van der Waals surface area (Å²) in [6.45, 7) is 10.1. The number of nitrogens with zero attached hydrogens (tertiary/aromatic N) is 3. The molecule has 0 spiro atoms. The number of carbonyl (C=O) groups excluding carboxylic acids is 2. The maximum absolute atomic E-state index is 12.5. The predicted molar refractivity (Wildman–Crippen MR) is 99.0 cm³/mol. The van der Waals surface area contributed by atoms with Crippen LogP contribution in [0.2, 0.25) is 0 Å². The van der Waals surface area contributed by atoms with Crippen LogP contribution >= 0.6 is 0 Å². The number of amides is 1. The minimum atomic E-state index is -0.733. The lowest BCUT2D eigenvalue weighted by atomic mass is 10.1. The van der Waals surface area contributed by atoms with Gasteiger partial charge in [-0.1, -0.05) is 30.4 Å². The van der Waals surface area contributed by atoms with E-state index in [4.69, 9.17) is 4.74 Å². The molecule has 7 nitrogen and oxygen atoms in total. The zero-order chi connectivity index (χ0) is 19.3. The molecule has 0 aliphatic carbocycles. The zero-order valence-electron chi connectivity index (χ0n) is 15.3. The first kappa shape index (κ1) is 19.4. The summed E-state index contributed by atoms with van der Waals surface area (Å²) < 4.78 is 6.37. The summed E-state index contributed by atoms with van der Waals surface area (Å²) in [5.41, 5.74) is 0.598. The molecular formula is C19H23N3O4. The number of aromatic nitrogens is 2. The summed E-state index contributed by atoms with van der Waals surface area (Å²) in [7, 11) is 0. The van der Waals surface area contributed by atoms with Crippen LogP contribution < -0.4 is 5.56 Å². The molecule has 2 aromatic rings. The van der Waals surface area contributed by atoms with Crippen LogP contribution in [0.4, 0.5) is 0 Å². The predicted octanol–water partition coefficient (Wildman–Crippen LogP) is 2.00. The molecule has 7 heteroatoms. The Kier molecular flexibility index (Phi) is 6.27. The molecule has 0 saturated heterocycles. The first-order valence-electron chi connectivity index (χ1n) is 8.48. The van der Waals surface area contributed by atoms with E-state index < -0.39 is 5.97 Å². The van der Waals surface area contributed by atoms with Crippen molar-refractivity contribution in [1.29, 1.82) is 0 Å². The third kappa shape index (κ3) is 4.17. The Morgan fingerprint density at radius 3 is 2.46 bits per heavy atom. The van der Waals surface area contributed by atoms with Crippen LogP contribution in [0.5, 0.6) is 0 Å². The lowest BCUT2D eigenvalue weighted by molar-refractivity contribution is -0.133. The molecule has 0 N–H and O–H groups in total. The van der Waals surface area contributed by atoms with Gasteiger partial charge in [-0.2, -0.15) is 5.10 Å². The van der Waals surface area contributed by atoms with Gasteiger partial charge in [0, 0.05) is 25.0 Å². The van der Waals surface area contributed by atoms with Crippen molar-refractivity contribution in [3.8, 4) is 0 Å². The molecule has 0 fully saturated rings. The molecule has 0 saturated carbocycles. The molecule has 1 aromatic heterocycles. The molecule has 0 bridgehead atoms. The summed E-state index contributed by atoms with van der Waals surface area (Å²) in [5.74, 6) is -1.04. The fourth-order valence-electron chi connectivity index (χ4n) is 2.59. The van der Waals surface area contributed by atoms with Crippen molar-refractivity contribution in [2.24, 2.45) is 0 Å². The largest absolute Gasteiger partial charge is 0.451 e. The number of hydrogen-bond acceptors (Lipinski definition) is 5. The van der Waals surface area contributed by atoms with Gasteiger partial charge in [-0.25, -0.2) is 9.48 Å². The van der Waals surface area contributed by atoms with E-state index in [1.165, 1.54) is 4.68 Å². The van der Waals surface area contributed by atoms with Gasteiger partial charge < -0.3 is 9.64 Å². The van der Waals surface area contributed by atoms with Crippen LogP contribution in [0.15, 0.2) is 41.2 Å². The Hall–Kier alpha value is -2.96. The van der Waals surface area contributed by atoms with Crippen molar-refractivity contribution >= 4 is 22.6 Å². The third-order valence-electron chi connectivity index (χ3n) is 3.88. The van der Waals surface area contributed by atoms with Crippen LogP contribution in [0, 0.1) is 0 Å². The van der Waals surface area contributed by atoms with Gasteiger partial charge in [-0.15, -0.1) is 0 Å². The lowest BCUT2D eigenvalue weighted by Crippen LogP contribution is -2.36. The smallest absolute Gasteiger partial charge is 0.359 e. The van der Waals surface area contributed by atoms with Crippen molar-refractivity contribution in [2.45, 2.75) is 27.3 Å². The minimum absolute atomic E-state index is 0.0257. The number of benzene rings is 1. The van der Waals surface area contributed by atoms with Gasteiger partial charge in [-0.05, 0) is 26.8 Å². The average molecular weight is 357 g/mol. The molecule has 0 atom stereocenters. The van der Waals surface area contributed by atoms with Crippen molar-refractivity contribution < 1.29 is 14.3 Å². The molecule has 1 heterocycles. The summed E-state index contributed by atoms with van der Waals surface area (Å²) in [4.78, 5) is 38.6. The van der Waals surface area contributed by atoms with Crippen molar-refractivity contribution in [1.82, 2.24) is 14.7 Å². The number of hydrogen-bond donors (Lipinski definition) is 0. The van der Waals surface area contributed by atoms with Crippen molar-refractivity contribution in [2.75, 3.05) is 19.7 Å². The molecule has 0 unspecified atom stereocenters. The molecular weight excluding hydrogens is 334 g/mol. The standard InChI is InChI=1S/C19H23N3O4/c1-5-21(11-13(3)4)16(23)12-26-19(25)17-14-9-7-8-10-15(14)18(24)22(6-2)20-17/h7-10H,3,5-6,11-12H2,1-2,4H3. The second-order valence-electron chi connectivity index (χ2n) is 5.96. The Morgan fingerprint density at radius 1 is 1.23 bits per heavy atom. The van der Waals surface area contributed by atoms with Crippen LogP contribution in [-0.4, -0.2) is 46.3 Å². The van der Waals surface area contributed by atoms with Gasteiger partial charge in [0.25, 0.3) is 11.5 Å². The van der Waals surface area contributed by atoms with Crippen LogP contribution in [0.25, 0.3) is 10.8 Å². The SMILES string of the molecule is C=C(C)CN(CC)C(=O)COC(=O)c1nn(CC)c(=O)c2ccccc12. The normalized spacial score (nSPS) is 10.6. The second-order valence-corrected chi connectivity index (χ2v) is 5.96. The highest BCUT2D eigenvalue weighted by Crippen LogP contribution is 2.14. The molecule has 1 amide bonds. The number of likely N-dealkylation sites (N-methyl/N-ethyl adjacent to an activating group) is 1. The third-order valence-corrected chi connectivity index (χ3v) is 3.88. The highest BCUT2D eigenvalue weighted by atomic mass is 16.5. The Labute approximate surface area is 151 Å². The van der Waals surface area contributed by atoms with E-state index in [-0.39, 0.29) is 23.8 Å². The number of aryl methyl sites for hydroxylation is 1. The maximum Gasteiger partial charge on any atom is 0.359 e. The van der Waals surface area contributed by atoms with Crippen molar-refractivity contribution in [3.63, 3.8) is 0 Å². The maximum atomic E-state index is 12.5. The van der Waals surface area contributed by atoms with E-state index in [9.17, 15) is 14.4 Å². The molecule has 1 aromatic carbocycles. The summed E-state index contributed by atoms with van der Waals surface area (Å²) >= 11 is 0. The molecule has 2 rings (SSSR count). The number of carbonyl (C=O) groups is 2. The topological polar surface area (TPSA) is 81.5 Å². The number of esters is 1. The summed E-state index contributed by atoms with van der Waals surface area (Å²) in [6.07, 6.45) is 0. The van der Waals surface area contributed by atoms with Crippen LogP contribution in [0.3, 0.4) is 0 Å². The minimum Gasteiger partial charge on any atom is -0.451 e. The molecule has 0 radical (unpaired) electrons.